The third kappa shape index (κ3) is 7.07. The lowest BCUT2D eigenvalue weighted by atomic mass is 9.94. The van der Waals surface area contributed by atoms with Crippen molar-refractivity contribution in [1.29, 1.82) is 0 Å². The Balaban J connectivity index is 2.49. The number of aliphatic carboxylic acids is 1. The summed E-state index contributed by atoms with van der Waals surface area (Å²) in [5.41, 5.74) is -0.703. The van der Waals surface area contributed by atoms with Crippen LogP contribution in [0.15, 0.2) is 17.1 Å². The predicted octanol–water partition coefficient (Wildman–Crippen LogP) is 0.0699. The van der Waals surface area contributed by atoms with Crippen molar-refractivity contribution in [2.75, 3.05) is 39.9 Å². The van der Waals surface area contributed by atoms with E-state index < -0.39 is 29.8 Å². The first-order valence-electron chi connectivity index (χ1n) is 6.90. The van der Waals surface area contributed by atoms with Crippen LogP contribution in [-0.4, -0.2) is 72.8 Å². The van der Waals surface area contributed by atoms with Crippen LogP contribution in [0.3, 0.4) is 0 Å². The molecule has 0 aromatic heterocycles. The number of imide groups is 1. The fraction of sp³-hybridized carbons (Fsp3) is 0.571. The Morgan fingerprint density at radius 1 is 1.25 bits per heavy atom. The van der Waals surface area contributed by atoms with E-state index in [1.165, 1.54) is 0 Å². The Morgan fingerprint density at radius 3 is 2.42 bits per heavy atom. The molecule has 0 aliphatic carbocycles. The number of rotatable bonds is 12. The van der Waals surface area contributed by atoms with Crippen molar-refractivity contribution in [3.63, 3.8) is 0 Å². The van der Waals surface area contributed by atoms with E-state index in [4.69, 9.17) is 19.3 Å². The zero-order valence-corrected chi connectivity index (χ0v) is 13.9. The van der Waals surface area contributed by atoms with Gasteiger partial charge in [-0.1, -0.05) is 6.92 Å². The van der Waals surface area contributed by atoms with E-state index in [0.717, 1.165) is 17.1 Å². The van der Waals surface area contributed by atoms with E-state index in [1.807, 2.05) is 0 Å². The molecular weight excluding hydrogens is 340 g/mol. The van der Waals surface area contributed by atoms with Gasteiger partial charge in [0, 0.05) is 17.6 Å². The van der Waals surface area contributed by atoms with E-state index >= 15 is 0 Å². The number of carbonyl (C=O) groups excluding carboxylic acids is 2. The van der Waals surface area contributed by atoms with Gasteiger partial charge in [-0.25, -0.2) is 9.79 Å². The normalized spacial score (nSPS) is 16.1. The van der Waals surface area contributed by atoms with Crippen LogP contribution in [0.2, 0.25) is 0 Å². The summed E-state index contributed by atoms with van der Waals surface area (Å²) in [6, 6.07) is 0. The van der Waals surface area contributed by atoms with Crippen LogP contribution in [0.4, 0.5) is 0 Å². The molecule has 10 heteroatoms. The highest BCUT2D eigenvalue weighted by Gasteiger charge is 2.29. The summed E-state index contributed by atoms with van der Waals surface area (Å²) in [5, 5.41) is 10.8. The van der Waals surface area contributed by atoms with E-state index in [-0.39, 0.29) is 33.3 Å². The third-order valence-corrected chi connectivity index (χ3v) is 3.05. The second-order valence-corrected chi connectivity index (χ2v) is 5.52. The summed E-state index contributed by atoms with van der Waals surface area (Å²) >= 11 is 4.42. The van der Waals surface area contributed by atoms with Crippen molar-refractivity contribution in [3.8, 4) is 0 Å². The maximum atomic E-state index is 11.4. The molecule has 1 rings (SSSR count). The average Bonchev–Trinajstić information content (AvgIpc) is 2.83. The molecule has 0 saturated heterocycles. The lowest BCUT2D eigenvalue weighted by Crippen LogP contribution is -2.38. The molecule has 0 aromatic carbocycles. The van der Waals surface area contributed by atoms with Crippen molar-refractivity contribution in [2.24, 2.45) is 10.4 Å². The molecule has 0 bridgehead atoms. The number of isothiocyanates is 1. The maximum absolute atomic E-state index is 11.4. The Hall–Kier alpha value is -1.97. The van der Waals surface area contributed by atoms with Gasteiger partial charge in [0.05, 0.1) is 25.0 Å². The van der Waals surface area contributed by atoms with Gasteiger partial charge in [0.25, 0.3) is 11.8 Å². The highest BCUT2D eigenvalue weighted by molar-refractivity contribution is 7.78. The molecular formula is C14H18N2O7S. The number of aliphatic imine (C=N–C) groups is 1. The van der Waals surface area contributed by atoms with Gasteiger partial charge in [0.2, 0.25) is 0 Å². The molecule has 24 heavy (non-hydrogen) atoms. The Morgan fingerprint density at radius 2 is 1.83 bits per heavy atom. The highest BCUT2D eigenvalue weighted by atomic mass is 32.1. The molecule has 1 N–H and O–H groups in total. The van der Waals surface area contributed by atoms with Crippen LogP contribution < -0.4 is 0 Å². The number of carbonyl (C=O) groups is 3. The van der Waals surface area contributed by atoms with Gasteiger partial charge in [-0.05, 0) is 12.2 Å². The first-order valence-corrected chi connectivity index (χ1v) is 7.31. The van der Waals surface area contributed by atoms with Crippen LogP contribution in [0.1, 0.15) is 6.92 Å². The van der Waals surface area contributed by atoms with Gasteiger partial charge in [0.1, 0.15) is 20.1 Å². The Labute approximate surface area is 143 Å². The molecule has 9 nitrogen and oxygen atoms in total. The van der Waals surface area contributed by atoms with E-state index in [2.05, 4.69) is 22.4 Å². The van der Waals surface area contributed by atoms with Crippen LogP contribution >= 0.6 is 12.2 Å². The zero-order valence-electron chi connectivity index (χ0n) is 13.1. The minimum Gasteiger partial charge on any atom is -0.480 e. The Kier molecular flexibility index (Phi) is 8.37. The second-order valence-electron chi connectivity index (χ2n) is 5.34. The van der Waals surface area contributed by atoms with Gasteiger partial charge in [-0.3, -0.25) is 14.5 Å². The number of carboxylic acid groups (broad SMARTS) is 1. The van der Waals surface area contributed by atoms with Crippen molar-refractivity contribution >= 4 is 35.2 Å². The van der Waals surface area contributed by atoms with Crippen LogP contribution in [0.5, 0.6) is 0 Å². The second kappa shape index (κ2) is 10.0. The molecule has 1 heterocycles. The minimum absolute atomic E-state index is 0.00500. The summed E-state index contributed by atoms with van der Waals surface area (Å²) in [5.74, 6) is -1.99. The molecule has 2 amide bonds. The van der Waals surface area contributed by atoms with Gasteiger partial charge < -0.3 is 19.3 Å². The lowest BCUT2D eigenvalue weighted by Gasteiger charge is -2.29. The number of ether oxygens (including phenoxy) is 3. The fourth-order valence-corrected chi connectivity index (χ4v) is 1.87. The van der Waals surface area contributed by atoms with Crippen molar-refractivity contribution < 1.29 is 33.7 Å². The largest absolute Gasteiger partial charge is 0.480 e. The molecule has 1 aliphatic rings. The van der Waals surface area contributed by atoms with E-state index in [1.54, 1.807) is 6.92 Å². The number of thiocarbonyl (C=S) groups is 1. The predicted molar refractivity (Wildman–Crippen MR) is 84.2 cm³/mol. The summed E-state index contributed by atoms with van der Waals surface area (Å²) in [6.45, 7) is 1.35. The smallest absolute Gasteiger partial charge is 0.329 e. The topological polar surface area (TPSA) is 115 Å². The molecule has 0 spiro atoms. The van der Waals surface area contributed by atoms with Gasteiger partial charge in [0.15, 0.2) is 0 Å². The molecule has 1 aliphatic heterocycles. The first-order chi connectivity index (χ1) is 11.4. The van der Waals surface area contributed by atoms with Gasteiger partial charge in [-0.2, -0.15) is 0 Å². The average molecular weight is 358 g/mol. The summed E-state index contributed by atoms with van der Waals surface area (Å²) in [4.78, 5) is 37.9. The van der Waals surface area contributed by atoms with Crippen LogP contribution in [-0.2, 0) is 28.6 Å². The summed E-state index contributed by atoms with van der Waals surface area (Å²) in [7, 11) is 0. The SMILES string of the molecule is CC(COCN=C=S)(COCC(=O)O)COCN1C(=O)C=CC1=O. The molecule has 0 saturated carbocycles. The molecule has 1 unspecified atom stereocenters. The lowest BCUT2D eigenvalue weighted by molar-refractivity contribution is -0.150. The van der Waals surface area contributed by atoms with Crippen molar-refractivity contribution in [1.82, 2.24) is 4.90 Å². The van der Waals surface area contributed by atoms with E-state index in [0.29, 0.717) is 0 Å². The third-order valence-electron chi connectivity index (χ3n) is 2.92. The number of carboxylic acids is 1. The number of hydrogen-bond donors (Lipinski definition) is 1. The van der Waals surface area contributed by atoms with Crippen molar-refractivity contribution in [2.45, 2.75) is 6.92 Å². The zero-order chi connectivity index (χ0) is 18.0. The summed E-state index contributed by atoms with van der Waals surface area (Å²) in [6.07, 6.45) is 2.32. The molecule has 1 atom stereocenters. The standard InChI is InChI=1S/C14H18N2O7S/c1-14(5-21-4-13(19)20,6-22-8-15-9-24)7-23-10-16-11(17)2-3-12(16)18/h2-3H,4-8,10H2,1H3,(H,19,20). The summed E-state index contributed by atoms with van der Waals surface area (Å²) < 4.78 is 15.8. The van der Waals surface area contributed by atoms with Crippen LogP contribution in [0.25, 0.3) is 0 Å². The maximum Gasteiger partial charge on any atom is 0.329 e. The molecule has 0 radical (unpaired) electrons. The van der Waals surface area contributed by atoms with Gasteiger partial charge in [-0.15, -0.1) is 0 Å². The van der Waals surface area contributed by atoms with Crippen molar-refractivity contribution in [3.05, 3.63) is 12.2 Å². The van der Waals surface area contributed by atoms with Gasteiger partial charge >= 0.3 is 5.97 Å². The minimum atomic E-state index is -1.09. The highest BCUT2D eigenvalue weighted by Crippen LogP contribution is 2.19. The number of hydrogen-bond acceptors (Lipinski definition) is 8. The molecule has 0 fully saturated rings. The molecule has 132 valence electrons. The van der Waals surface area contributed by atoms with E-state index in [9.17, 15) is 14.4 Å². The fourth-order valence-electron chi connectivity index (χ4n) is 1.82. The quantitative estimate of drug-likeness (QED) is 0.226. The Bertz CT molecular complexity index is 531. The monoisotopic (exact) mass is 358 g/mol. The first kappa shape index (κ1) is 20.1. The number of nitrogens with zero attached hydrogens (tertiary/aromatic N) is 2. The van der Waals surface area contributed by atoms with Crippen LogP contribution in [0, 0.1) is 5.41 Å². The number of amides is 2. The molecule has 0 aromatic rings.